The Bertz CT molecular complexity index is 286. The number of amides is 1. The number of aliphatic hydroxyl groups excluding tert-OH is 1. The monoisotopic (exact) mass is 284 g/mol. The van der Waals surface area contributed by atoms with Crippen molar-refractivity contribution in [1.82, 2.24) is 9.80 Å². The highest BCUT2D eigenvalue weighted by Gasteiger charge is 2.26. The first-order chi connectivity index (χ1) is 9.45. The number of carbonyl (C=O) groups excluding carboxylic acids is 1. The molecule has 0 atom stereocenters. The predicted molar refractivity (Wildman–Crippen MR) is 82.6 cm³/mol. The number of carbonyl (C=O) groups is 1. The van der Waals surface area contributed by atoms with Crippen molar-refractivity contribution in [1.29, 1.82) is 0 Å². The topological polar surface area (TPSA) is 43.8 Å². The summed E-state index contributed by atoms with van der Waals surface area (Å²) in [6.07, 6.45) is 5.49. The fraction of sp³-hybridized carbons (Fsp3) is 0.938. The first-order valence-electron chi connectivity index (χ1n) is 8.06. The molecule has 1 aliphatic carbocycles. The minimum absolute atomic E-state index is 0.188. The minimum atomic E-state index is 0.188. The fourth-order valence-electron chi connectivity index (χ4n) is 2.91. The van der Waals surface area contributed by atoms with Crippen LogP contribution in [0, 0.1) is 5.92 Å². The first-order valence-corrected chi connectivity index (χ1v) is 8.06. The molecule has 0 aromatic rings. The van der Waals surface area contributed by atoms with Crippen LogP contribution < -0.4 is 0 Å². The molecule has 0 aromatic heterocycles. The summed E-state index contributed by atoms with van der Waals surface area (Å²) in [5, 5.41) is 8.95. The Morgan fingerprint density at radius 2 is 1.85 bits per heavy atom. The van der Waals surface area contributed by atoms with Gasteiger partial charge in [0, 0.05) is 32.3 Å². The van der Waals surface area contributed by atoms with Gasteiger partial charge in [-0.2, -0.15) is 0 Å². The molecule has 1 saturated carbocycles. The van der Waals surface area contributed by atoms with Gasteiger partial charge in [0.1, 0.15) is 0 Å². The van der Waals surface area contributed by atoms with Crippen molar-refractivity contribution in [3.8, 4) is 0 Å². The van der Waals surface area contributed by atoms with Gasteiger partial charge in [-0.3, -0.25) is 9.69 Å². The van der Waals surface area contributed by atoms with Crippen molar-refractivity contribution < 1.29 is 9.90 Å². The molecule has 1 aliphatic rings. The van der Waals surface area contributed by atoms with E-state index in [2.05, 4.69) is 25.7 Å². The quantitative estimate of drug-likeness (QED) is 0.779. The van der Waals surface area contributed by atoms with Crippen molar-refractivity contribution in [3.63, 3.8) is 0 Å². The summed E-state index contributed by atoms with van der Waals surface area (Å²) in [4.78, 5) is 16.5. The summed E-state index contributed by atoms with van der Waals surface area (Å²) in [6.45, 7) is 7.96. The van der Waals surface area contributed by atoms with Gasteiger partial charge in [0.05, 0.1) is 6.54 Å². The lowest BCUT2D eigenvalue weighted by Gasteiger charge is -2.35. The number of nitrogens with zero attached hydrogens (tertiary/aromatic N) is 2. The van der Waals surface area contributed by atoms with Gasteiger partial charge in [-0.15, -0.1) is 0 Å². The molecule has 20 heavy (non-hydrogen) atoms. The molecule has 4 heteroatoms. The Morgan fingerprint density at radius 3 is 2.35 bits per heavy atom. The maximum Gasteiger partial charge on any atom is 0.236 e. The van der Waals surface area contributed by atoms with Gasteiger partial charge in [-0.1, -0.05) is 6.92 Å². The van der Waals surface area contributed by atoms with E-state index in [0.29, 0.717) is 18.6 Å². The summed E-state index contributed by atoms with van der Waals surface area (Å²) in [5.41, 5.74) is 0. The van der Waals surface area contributed by atoms with Crippen molar-refractivity contribution in [3.05, 3.63) is 0 Å². The number of likely N-dealkylation sites (N-methyl/N-ethyl adjacent to an activating group) is 1. The van der Waals surface area contributed by atoms with E-state index < -0.39 is 0 Å². The van der Waals surface area contributed by atoms with Crippen LogP contribution in [0.15, 0.2) is 0 Å². The third-order valence-corrected chi connectivity index (χ3v) is 4.60. The third kappa shape index (κ3) is 5.41. The maximum atomic E-state index is 12.4. The van der Waals surface area contributed by atoms with Gasteiger partial charge in [0.2, 0.25) is 5.91 Å². The van der Waals surface area contributed by atoms with E-state index in [1.165, 1.54) is 12.8 Å². The van der Waals surface area contributed by atoms with Gasteiger partial charge in [0.25, 0.3) is 0 Å². The number of aliphatic hydroxyl groups is 1. The van der Waals surface area contributed by atoms with Crippen LogP contribution in [-0.2, 0) is 4.79 Å². The third-order valence-electron chi connectivity index (χ3n) is 4.60. The van der Waals surface area contributed by atoms with Gasteiger partial charge in [-0.05, 0) is 51.9 Å². The molecule has 0 saturated heterocycles. The van der Waals surface area contributed by atoms with Crippen molar-refractivity contribution in [2.75, 3.05) is 26.7 Å². The second-order valence-corrected chi connectivity index (χ2v) is 6.56. The van der Waals surface area contributed by atoms with E-state index in [4.69, 9.17) is 5.11 Å². The molecule has 118 valence electrons. The largest absolute Gasteiger partial charge is 0.396 e. The van der Waals surface area contributed by atoms with Crippen LogP contribution in [0.5, 0.6) is 0 Å². The zero-order valence-electron chi connectivity index (χ0n) is 13.6. The van der Waals surface area contributed by atoms with Gasteiger partial charge in [0.15, 0.2) is 0 Å². The van der Waals surface area contributed by atoms with E-state index in [1.54, 1.807) is 0 Å². The van der Waals surface area contributed by atoms with Gasteiger partial charge in [-0.25, -0.2) is 0 Å². The Balaban J connectivity index is 2.46. The molecule has 1 fully saturated rings. The summed E-state index contributed by atoms with van der Waals surface area (Å²) >= 11 is 0. The average Bonchev–Trinajstić information content (AvgIpc) is 2.42. The van der Waals surface area contributed by atoms with Crippen LogP contribution in [0.4, 0.5) is 0 Å². The summed E-state index contributed by atoms with van der Waals surface area (Å²) in [7, 11) is 1.95. The molecule has 1 rings (SSSR count). The van der Waals surface area contributed by atoms with Gasteiger partial charge < -0.3 is 10.0 Å². The summed E-state index contributed by atoms with van der Waals surface area (Å²) in [5.74, 6) is 1.03. The van der Waals surface area contributed by atoms with Crippen LogP contribution in [0.3, 0.4) is 0 Å². The predicted octanol–water partition coefficient (Wildman–Crippen LogP) is 2.12. The average molecular weight is 284 g/mol. The molecule has 1 N–H and O–H groups in total. The van der Waals surface area contributed by atoms with E-state index in [-0.39, 0.29) is 12.5 Å². The van der Waals surface area contributed by atoms with Crippen molar-refractivity contribution in [2.24, 2.45) is 5.92 Å². The number of rotatable bonds is 7. The highest BCUT2D eigenvalue weighted by atomic mass is 16.3. The number of hydrogen-bond donors (Lipinski definition) is 1. The highest BCUT2D eigenvalue weighted by Crippen LogP contribution is 2.26. The van der Waals surface area contributed by atoms with E-state index in [9.17, 15) is 4.79 Å². The normalized spacial score (nSPS) is 23.4. The second-order valence-electron chi connectivity index (χ2n) is 6.56. The molecule has 0 radical (unpaired) electrons. The standard InChI is InChI=1S/C16H32N2O2/c1-13(2)18(10-5-11-19)12-16(20)17(4)15-8-6-14(3)7-9-15/h13-15,19H,5-12H2,1-4H3. The summed E-state index contributed by atoms with van der Waals surface area (Å²) in [6, 6.07) is 0.760. The Kier molecular flexibility index (Phi) is 7.52. The van der Waals surface area contributed by atoms with Crippen molar-refractivity contribution >= 4 is 5.91 Å². The smallest absolute Gasteiger partial charge is 0.236 e. The molecular formula is C16H32N2O2. The molecule has 0 unspecified atom stereocenters. The second kappa shape index (κ2) is 8.63. The number of hydrogen-bond acceptors (Lipinski definition) is 3. The molecule has 0 aromatic carbocycles. The van der Waals surface area contributed by atoms with E-state index >= 15 is 0 Å². The maximum absolute atomic E-state index is 12.4. The molecule has 0 aliphatic heterocycles. The van der Waals surface area contributed by atoms with Gasteiger partial charge >= 0.3 is 0 Å². The fourth-order valence-corrected chi connectivity index (χ4v) is 2.91. The first kappa shape index (κ1) is 17.4. The lowest BCUT2D eigenvalue weighted by molar-refractivity contribution is -0.134. The van der Waals surface area contributed by atoms with Crippen LogP contribution in [0.25, 0.3) is 0 Å². The Labute approximate surface area is 124 Å². The molecule has 0 spiro atoms. The van der Waals surface area contributed by atoms with E-state index in [0.717, 1.165) is 31.7 Å². The molecule has 1 amide bonds. The van der Waals surface area contributed by atoms with Crippen LogP contribution in [-0.4, -0.2) is 59.6 Å². The lowest BCUT2D eigenvalue weighted by Crippen LogP contribution is -2.46. The molecule has 0 bridgehead atoms. The van der Waals surface area contributed by atoms with Crippen LogP contribution >= 0.6 is 0 Å². The zero-order chi connectivity index (χ0) is 15.1. The van der Waals surface area contributed by atoms with Crippen molar-refractivity contribution in [2.45, 2.75) is 65.0 Å². The molecular weight excluding hydrogens is 252 g/mol. The minimum Gasteiger partial charge on any atom is -0.396 e. The highest BCUT2D eigenvalue weighted by molar-refractivity contribution is 5.78. The Morgan fingerprint density at radius 1 is 1.25 bits per heavy atom. The lowest BCUT2D eigenvalue weighted by atomic mass is 9.87. The molecule has 0 heterocycles. The van der Waals surface area contributed by atoms with Crippen LogP contribution in [0.1, 0.15) is 52.9 Å². The Hall–Kier alpha value is -0.610. The SMILES string of the molecule is CC1CCC(N(C)C(=O)CN(CCCO)C(C)C)CC1. The summed E-state index contributed by atoms with van der Waals surface area (Å²) < 4.78 is 0. The van der Waals surface area contributed by atoms with Crippen LogP contribution in [0.2, 0.25) is 0 Å². The zero-order valence-corrected chi connectivity index (χ0v) is 13.6. The molecule has 4 nitrogen and oxygen atoms in total. The van der Waals surface area contributed by atoms with E-state index in [1.807, 2.05) is 11.9 Å².